The van der Waals surface area contributed by atoms with Crippen molar-refractivity contribution in [3.8, 4) is 5.75 Å². The van der Waals surface area contributed by atoms with Crippen LogP contribution < -0.4 is 4.74 Å². The van der Waals surface area contributed by atoms with Crippen LogP contribution >= 0.6 is 11.6 Å². The minimum absolute atomic E-state index is 0.273. The van der Waals surface area contributed by atoms with Gasteiger partial charge in [-0.1, -0.05) is 48.0 Å². The van der Waals surface area contributed by atoms with Crippen LogP contribution in [0.4, 0.5) is 0 Å². The maximum atomic E-state index is 6.30. The highest BCUT2D eigenvalue weighted by Crippen LogP contribution is 2.27. The van der Waals surface area contributed by atoms with Gasteiger partial charge < -0.3 is 4.74 Å². The largest absolute Gasteiger partial charge is 0.489 e. The molecule has 1 heterocycles. The van der Waals surface area contributed by atoms with Gasteiger partial charge in [-0.3, -0.25) is 4.68 Å². The number of fused-ring (bicyclic) bond motifs is 2. The molecule has 4 rings (SSSR count). The van der Waals surface area contributed by atoms with Gasteiger partial charge in [-0.2, -0.15) is 5.10 Å². The SMILES string of the molecule is CC(C)n1nc(Cl)c2cc(COc3ccc4ccccc4c3)ccc21. The van der Waals surface area contributed by atoms with E-state index < -0.39 is 0 Å². The predicted molar refractivity (Wildman–Crippen MR) is 103 cm³/mol. The van der Waals surface area contributed by atoms with Gasteiger partial charge in [-0.15, -0.1) is 0 Å². The van der Waals surface area contributed by atoms with Gasteiger partial charge in [0.05, 0.1) is 5.52 Å². The molecule has 0 fully saturated rings. The molecular formula is C21H19ClN2O. The maximum absolute atomic E-state index is 6.30. The molecule has 0 saturated heterocycles. The summed E-state index contributed by atoms with van der Waals surface area (Å²) in [6.45, 7) is 4.69. The molecule has 0 radical (unpaired) electrons. The van der Waals surface area contributed by atoms with Crippen molar-refractivity contribution in [1.29, 1.82) is 0 Å². The monoisotopic (exact) mass is 350 g/mol. The summed E-state index contributed by atoms with van der Waals surface area (Å²) in [5, 5.41) is 8.32. The molecule has 0 N–H and O–H groups in total. The van der Waals surface area contributed by atoms with Crippen LogP contribution in [0.1, 0.15) is 25.5 Å². The standard InChI is InChI=1S/C21H19ClN2O/c1-14(2)24-20-10-7-15(11-19(20)21(22)23-24)13-25-18-9-8-16-5-3-4-6-17(16)12-18/h3-12,14H,13H2,1-2H3. The summed E-state index contributed by atoms with van der Waals surface area (Å²) in [5.41, 5.74) is 2.13. The number of ether oxygens (including phenoxy) is 1. The van der Waals surface area contributed by atoms with E-state index in [0.717, 1.165) is 22.2 Å². The van der Waals surface area contributed by atoms with Crippen molar-refractivity contribution in [3.05, 3.63) is 71.4 Å². The molecule has 1 aromatic heterocycles. The summed E-state index contributed by atoms with van der Waals surface area (Å²) in [6.07, 6.45) is 0. The zero-order chi connectivity index (χ0) is 17.4. The molecule has 0 aliphatic rings. The molecule has 0 aliphatic carbocycles. The third-order valence-corrected chi connectivity index (χ3v) is 4.62. The van der Waals surface area contributed by atoms with Crippen molar-refractivity contribution in [2.75, 3.05) is 0 Å². The smallest absolute Gasteiger partial charge is 0.158 e. The first kappa shape index (κ1) is 16.0. The topological polar surface area (TPSA) is 27.1 Å². The average Bonchev–Trinajstić information content (AvgIpc) is 2.96. The summed E-state index contributed by atoms with van der Waals surface area (Å²) in [6, 6.07) is 20.9. The molecule has 4 aromatic rings. The summed E-state index contributed by atoms with van der Waals surface area (Å²) < 4.78 is 7.92. The van der Waals surface area contributed by atoms with Crippen LogP contribution in [0.15, 0.2) is 60.7 Å². The maximum Gasteiger partial charge on any atom is 0.158 e. The fraction of sp³-hybridized carbons (Fsp3) is 0.190. The summed E-state index contributed by atoms with van der Waals surface area (Å²) in [5.74, 6) is 0.864. The lowest BCUT2D eigenvalue weighted by molar-refractivity contribution is 0.307. The average molecular weight is 351 g/mol. The minimum Gasteiger partial charge on any atom is -0.489 e. The van der Waals surface area contributed by atoms with Crippen LogP contribution in [0.2, 0.25) is 5.15 Å². The Morgan fingerprint density at radius 2 is 1.80 bits per heavy atom. The number of halogens is 1. The van der Waals surface area contributed by atoms with Crippen molar-refractivity contribution in [1.82, 2.24) is 9.78 Å². The number of nitrogens with zero attached hydrogens (tertiary/aromatic N) is 2. The quantitative estimate of drug-likeness (QED) is 0.451. The Kier molecular flexibility index (Phi) is 4.10. The normalized spacial score (nSPS) is 11.5. The van der Waals surface area contributed by atoms with E-state index in [1.54, 1.807) is 0 Å². The zero-order valence-electron chi connectivity index (χ0n) is 14.2. The van der Waals surface area contributed by atoms with Crippen molar-refractivity contribution in [2.45, 2.75) is 26.5 Å². The Bertz CT molecular complexity index is 1050. The molecule has 3 nitrogen and oxygen atoms in total. The van der Waals surface area contributed by atoms with Crippen LogP contribution in [0, 0.1) is 0 Å². The Labute approximate surface area is 151 Å². The van der Waals surface area contributed by atoms with E-state index in [1.807, 2.05) is 22.9 Å². The Hall–Kier alpha value is -2.52. The van der Waals surface area contributed by atoms with Gasteiger partial charge in [0.1, 0.15) is 12.4 Å². The van der Waals surface area contributed by atoms with E-state index in [-0.39, 0.29) is 6.04 Å². The first-order chi connectivity index (χ1) is 12.1. The van der Waals surface area contributed by atoms with E-state index in [2.05, 4.69) is 61.4 Å². The fourth-order valence-electron chi connectivity index (χ4n) is 3.06. The molecule has 4 heteroatoms. The van der Waals surface area contributed by atoms with Crippen molar-refractivity contribution in [2.24, 2.45) is 0 Å². The highest BCUT2D eigenvalue weighted by atomic mass is 35.5. The summed E-state index contributed by atoms with van der Waals surface area (Å²) in [7, 11) is 0. The Balaban J connectivity index is 1.58. The number of hydrogen-bond acceptors (Lipinski definition) is 2. The van der Waals surface area contributed by atoms with E-state index in [4.69, 9.17) is 16.3 Å². The molecule has 0 saturated carbocycles. The minimum atomic E-state index is 0.273. The molecular weight excluding hydrogens is 332 g/mol. The second-order valence-corrected chi connectivity index (χ2v) is 6.84. The van der Waals surface area contributed by atoms with E-state index >= 15 is 0 Å². The second-order valence-electron chi connectivity index (χ2n) is 6.48. The van der Waals surface area contributed by atoms with E-state index in [0.29, 0.717) is 11.8 Å². The number of hydrogen-bond donors (Lipinski definition) is 0. The van der Waals surface area contributed by atoms with Gasteiger partial charge in [-0.05, 0) is 54.4 Å². The first-order valence-corrected chi connectivity index (χ1v) is 8.78. The van der Waals surface area contributed by atoms with E-state index in [1.165, 1.54) is 10.8 Å². The number of benzene rings is 3. The third kappa shape index (κ3) is 3.08. The van der Waals surface area contributed by atoms with Crippen LogP contribution in [-0.4, -0.2) is 9.78 Å². The van der Waals surface area contributed by atoms with Crippen LogP contribution in [0.5, 0.6) is 5.75 Å². The zero-order valence-corrected chi connectivity index (χ0v) is 15.0. The highest BCUT2D eigenvalue weighted by Gasteiger charge is 2.11. The van der Waals surface area contributed by atoms with Crippen molar-refractivity contribution < 1.29 is 4.74 Å². The van der Waals surface area contributed by atoms with Gasteiger partial charge >= 0.3 is 0 Å². The van der Waals surface area contributed by atoms with Crippen LogP contribution in [-0.2, 0) is 6.61 Å². The second kappa shape index (κ2) is 6.41. The van der Waals surface area contributed by atoms with Crippen LogP contribution in [0.3, 0.4) is 0 Å². The first-order valence-electron chi connectivity index (χ1n) is 8.40. The van der Waals surface area contributed by atoms with Crippen LogP contribution in [0.25, 0.3) is 21.7 Å². The highest BCUT2D eigenvalue weighted by molar-refractivity contribution is 6.34. The third-order valence-electron chi connectivity index (χ3n) is 4.34. The van der Waals surface area contributed by atoms with Gasteiger partial charge in [0.2, 0.25) is 0 Å². The molecule has 0 amide bonds. The molecule has 3 aromatic carbocycles. The number of aromatic nitrogens is 2. The summed E-state index contributed by atoms with van der Waals surface area (Å²) >= 11 is 6.30. The van der Waals surface area contributed by atoms with Crippen molar-refractivity contribution in [3.63, 3.8) is 0 Å². The molecule has 0 unspecified atom stereocenters. The lowest BCUT2D eigenvalue weighted by atomic mass is 10.1. The van der Waals surface area contributed by atoms with Gasteiger partial charge in [-0.25, -0.2) is 0 Å². The lowest BCUT2D eigenvalue weighted by Gasteiger charge is -2.09. The molecule has 0 spiro atoms. The molecule has 126 valence electrons. The van der Waals surface area contributed by atoms with Gasteiger partial charge in [0.15, 0.2) is 5.15 Å². The molecule has 25 heavy (non-hydrogen) atoms. The van der Waals surface area contributed by atoms with E-state index in [9.17, 15) is 0 Å². The Morgan fingerprint density at radius 3 is 2.60 bits per heavy atom. The molecule has 0 aliphatic heterocycles. The number of rotatable bonds is 4. The van der Waals surface area contributed by atoms with Gasteiger partial charge in [0.25, 0.3) is 0 Å². The molecule has 0 atom stereocenters. The Morgan fingerprint density at radius 1 is 1.00 bits per heavy atom. The summed E-state index contributed by atoms with van der Waals surface area (Å²) in [4.78, 5) is 0. The fourth-order valence-corrected chi connectivity index (χ4v) is 3.29. The predicted octanol–water partition coefficient (Wildman–Crippen LogP) is 6.00. The molecule has 0 bridgehead atoms. The van der Waals surface area contributed by atoms with Gasteiger partial charge in [0, 0.05) is 11.4 Å². The van der Waals surface area contributed by atoms with Crippen molar-refractivity contribution >= 4 is 33.3 Å². The lowest BCUT2D eigenvalue weighted by Crippen LogP contribution is -2.02.